The fraction of sp³-hybridized carbons (Fsp3) is 0.125. The number of hydrogen-bond acceptors (Lipinski definition) is 5. The Labute approximate surface area is 200 Å². The van der Waals surface area contributed by atoms with Gasteiger partial charge >= 0.3 is 5.97 Å². The lowest BCUT2D eigenvalue weighted by Gasteiger charge is -2.13. The summed E-state index contributed by atoms with van der Waals surface area (Å²) < 4.78 is 10.5. The fourth-order valence-electron chi connectivity index (χ4n) is 2.86. The van der Waals surface area contributed by atoms with Crippen LogP contribution in [0.4, 0.5) is 5.69 Å². The molecule has 0 spiro atoms. The van der Waals surface area contributed by atoms with Crippen molar-refractivity contribution in [1.29, 1.82) is 0 Å². The lowest BCUT2D eigenvalue weighted by Crippen LogP contribution is -2.25. The van der Waals surface area contributed by atoms with Gasteiger partial charge in [-0.05, 0) is 48.0 Å². The molecule has 0 fully saturated rings. The predicted molar refractivity (Wildman–Crippen MR) is 126 cm³/mol. The van der Waals surface area contributed by atoms with E-state index in [0.717, 1.165) is 0 Å². The number of anilines is 1. The maximum Gasteiger partial charge on any atom is 0.308 e. The molecular formula is C24H20Cl2N2O5. The number of ether oxygens (including phenoxy) is 2. The molecule has 0 radical (unpaired) electrons. The van der Waals surface area contributed by atoms with Gasteiger partial charge in [-0.1, -0.05) is 47.5 Å². The van der Waals surface area contributed by atoms with Crippen molar-refractivity contribution in [3.63, 3.8) is 0 Å². The van der Waals surface area contributed by atoms with Gasteiger partial charge in [-0.25, -0.2) is 0 Å². The Bertz CT molecular complexity index is 1180. The molecule has 7 nitrogen and oxygen atoms in total. The highest BCUT2D eigenvalue weighted by Crippen LogP contribution is 2.27. The maximum atomic E-state index is 12.5. The van der Waals surface area contributed by atoms with Crippen LogP contribution in [0.3, 0.4) is 0 Å². The van der Waals surface area contributed by atoms with Crippen LogP contribution in [0.15, 0.2) is 66.7 Å². The minimum Gasteiger partial charge on any atom is -0.482 e. The predicted octanol–water partition coefficient (Wildman–Crippen LogP) is 4.87. The largest absolute Gasteiger partial charge is 0.482 e. The summed E-state index contributed by atoms with van der Waals surface area (Å²) >= 11 is 11.9. The zero-order valence-electron chi connectivity index (χ0n) is 17.6. The standard InChI is InChI=1S/C24H20Cl2N2O5/c1-15(29)33-19-7-4-6-16(11-19)24(31)27-13-17-5-2-3-8-21(17)28-23(30)14-32-22-10-9-18(25)12-20(22)26/h2-12H,13-14H2,1H3,(H,27,31)(H,28,30). The first-order chi connectivity index (χ1) is 15.8. The van der Waals surface area contributed by atoms with E-state index in [-0.39, 0.29) is 24.8 Å². The zero-order valence-corrected chi connectivity index (χ0v) is 19.1. The third kappa shape index (κ3) is 7.24. The molecule has 0 aliphatic rings. The molecule has 0 aliphatic carbocycles. The number of esters is 1. The number of halogens is 2. The molecule has 0 atom stereocenters. The zero-order chi connectivity index (χ0) is 23.8. The first kappa shape index (κ1) is 24.1. The monoisotopic (exact) mass is 486 g/mol. The lowest BCUT2D eigenvalue weighted by molar-refractivity contribution is -0.131. The van der Waals surface area contributed by atoms with E-state index in [1.54, 1.807) is 54.6 Å². The summed E-state index contributed by atoms with van der Waals surface area (Å²) in [6.07, 6.45) is 0. The van der Waals surface area contributed by atoms with Crippen LogP contribution in [0.5, 0.6) is 11.5 Å². The average Bonchev–Trinajstić information content (AvgIpc) is 2.77. The van der Waals surface area contributed by atoms with Crippen molar-refractivity contribution in [2.24, 2.45) is 0 Å². The van der Waals surface area contributed by atoms with Crippen LogP contribution in [0, 0.1) is 0 Å². The Morgan fingerprint density at radius 3 is 2.48 bits per heavy atom. The third-order valence-electron chi connectivity index (χ3n) is 4.34. The summed E-state index contributed by atoms with van der Waals surface area (Å²) in [6, 6.07) is 18.1. The van der Waals surface area contributed by atoms with E-state index in [1.807, 2.05) is 0 Å². The van der Waals surface area contributed by atoms with Gasteiger partial charge in [-0.3, -0.25) is 14.4 Å². The van der Waals surface area contributed by atoms with Crippen LogP contribution < -0.4 is 20.1 Å². The molecule has 0 saturated heterocycles. The molecular weight excluding hydrogens is 467 g/mol. The highest BCUT2D eigenvalue weighted by atomic mass is 35.5. The van der Waals surface area contributed by atoms with E-state index in [1.165, 1.54) is 19.1 Å². The summed E-state index contributed by atoms with van der Waals surface area (Å²) in [6.45, 7) is 1.19. The minimum atomic E-state index is -0.473. The van der Waals surface area contributed by atoms with E-state index in [9.17, 15) is 14.4 Å². The van der Waals surface area contributed by atoms with Gasteiger partial charge in [0.1, 0.15) is 11.5 Å². The second-order valence-corrected chi connectivity index (χ2v) is 7.72. The van der Waals surface area contributed by atoms with E-state index < -0.39 is 11.9 Å². The van der Waals surface area contributed by atoms with Gasteiger partial charge in [0.15, 0.2) is 6.61 Å². The Kier molecular flexibility index (Phi) is 8.29. The van der Waals surface area contributed by atoms with Crippen molar-refractivity contribution in [3.05, 3.63) is 87.9 Å². The summed E-state index contributed by atoms with van der Waals surface area (Å²) in [5.74, 6) is -0.601. The number of para-hydroxylation sites is 1. The highest BCUT2D eigenvalue weighted by molar-refractivity contribution is 6.35. The molecule has 0 bridgehead atoms. The Morgan fingerprint density at radius 2 is 1.73 bits per heavy atom. The topological polar surface area (TPSA) is 93.7 Å². The highest BCUT2D eigenvalue weighted by Gasteiger charge is 2.12. The molecule has 3 aromatic rings. The summed E-state index contributed by atoms with van der Waals surface area (Å²) in [5.41, 5.74) is 1.56. The van der Waals surface area contributed by atoms with E-state index in [0.29, 0.717) is 32.6 Å². The summed E-state index contributed by atoms with van der Waals surface area (Å²) in [4.78, 5) is 36.0. The van der Waals surface area contributed by atoms with E-state index in [4.69, 9.17) is 32.7 Å². The fourth-order valence-corrected chi connectivity index (χ4v) is 3.33. The Balaban J connectivity index is 1.59. The number of benzene rings is 3. The lowest BCUT2D eigenvalue weighted by atomic mass is 10.1. The van der Waals surface area contributed by atoms with Crippen molar-refractivity contribution in [2.75, 3.05) is 11.9 Å². The van der Waals surface area contributed by atoms with Crippen LogP contribution in [0.2, 0.25) is 10.0 Å². The van der Waals surface area contributed by atoms with Gasteiger partial charge in [0, 0.05) is 29.7 Å². The molecule has 0 unspecified atom stereocenters. The Hall–Kier alpha value is -3.55. The second kappa shape index (κ2) is 11.4. The second-order valence-electron chi connectivity index (χ2n) is 6.87. The number of carbonyl (C=O) groups is 3. The molecule has 0 aromatic heterocycles. The van der Waals surface area contributed by atoms with Crippen molar-refractivity contribution in [3.8, 4) is 11.5 Å². The van der Waals surface area contributed by atoms with Gasteiger partial charge in [-0.15, -0.1) is 0 Å². The Morgan fingerprint density at radius 1 is 0.939 bits per heavy atom. The van der Waals surface area contributed by atoms with Crippen molar-refractivity contribution in [2.45, 2.75) is 13.5 Å². The van der Waals surface area contributed by atoms with E-state index in [2.05, 4.69) is 10.6 Å². The van der Waals surface area contributed by atoms with Crippen molar-refractivity contribution < 1.29 is 23.9 Å². The first-order valence-electron chi connectivity index (χ1n) is 9.84. The van der Waals surface area contributed by atoms with Crippen LogP contribution in [-0.2, 0) is 16.1 Å². The van der Waals surface area contributed by atoms with Crippen LogP contribution in [0.1, 0.15) is 22.8 Å². The minimum absolute atomic E-state index is 0.164. The van der Waals surface area contributed by atoms with Gasteiger partial charge in [-0.2, -0.15) is 0 Å². The van der Waals surface area contributed by atoms with Crippen LogP contribution in [-0.4, -0.2) is 24.4 Å². The summed E-state index contributed by atoms with van der Waals surface area (Å²) in [5, 5.41) is 6.32. The number of amides is 2. The number of rotatable bonds is 8. The maximum absolute atomic E-state index is 12.5. The van der Waals surface area contributed by atoms with Crippen molar-refractivity contribution in [1.82, 2.24) is 5.32 Å². The van der Waals surface area contributed by atoms with Gasteiger partial charge in [0.2, 0.25) is 0 Å². The number of carbonyl (C=O) groups excluding carboxylic acids is 3. The average molecular weight is 487 g/mol. The quantitative estimate of drug-likeness (QED) is 0.350. The van der Waals surface area contributed by atoms with Crippen LogP contribution >= 0.6 is 23.2 Å². The summed E-state index contributed by atoms with van der Waals surface area (Å²) in [7, 11) is 0. The molecule has 0 heterocycles. The molecule has 3 aromatic carbocycles. The molecule has 0 aliphatic heterocycles. The molecule has 33 heavy (non-hydrogen) atoms. The van der Waals surface area contributed by atoms with Gasteiger partial charge in [0.05, 0.1) is 5.02 Å². The molecule has 9 heteroatoms. The SMILES string of the molecule is CC(=O)Oc1cccc(C(=O)NCc2ccccc2NC(=O)COc2ccc(Cl)cc2Cl)c1. The number of nitrogens with one attached hydrogen (secondary N) is 2. The number of hydrogen-bond donors (Lipinski definition) is 2. The molecule has 2 amide bonds. The van der Waals surface area contributed by atoms with Crippen molar-refractivity contribution >= 4 is 46.7 Å². The van der Waals surface area contributed by atoms with E-state index >= 15 is 0 Å². The smallest absolute Gasteiger partial charge is 0.308 e. The molecule has 2 N–H and O–H groups in total. The first-order valence-corrected chi connectivity index (χ1v) is 10.6. The molecule has 3 rings (SSSR count). The van der Waals surface area contributed by atoms with Crippen LogP contribution in [0.25, 0.3) is 0 Å². The third-order valence-corrected chi connectivity index (χ3v) is 4.87. The normalized spacial score (nSPS) is 10.3. The van der Waals surface area contributed by atoms with Gasteiger partial charge in [0.25, 0.3) is 11.8 Å². The molecule has 0 saturated carbocycles. The van der Waals surface area contributed by atoms with Gasteiger partial charge < -0.3 is 20.1 Å². The molecule has 170 valence electrons.